The molecule has 0 aliphatic carbocycles. The molecule has 2 aliphatic rings. The van der Waals surface area contributed by atoms with Crippen molar-refractivity contribution in [2.45, 2.75) is 61.1 Å². The Bertz CT molecular complexity index is 1380. The third kappa shape index (κ3) is 5.72. The largest absolute Gasteiger partial charge is 0.465 e. The highest BCUT2D eigenvalue weighted by molar-refractivity contribution is 7.98. The number of rotatable bonds is 8. The minimum absolute atomic E-state index is 0.109. The van der Waals surface area contributed by atoms with Gasteiger partial charge in [-0.15, -0.1) is 0 Å². The number of imidazole rings is 1. The first kappa shape index (κ1) is 26.2. The molecule has 8 nitrogen and oxygen atoms in total. The second kappa shape index (κ2) is 11.1. The Labute approximate surface area is 222 Å². The third-order valence-electron chi connectivity index (χ3n) is 7.07. The lowest BCUT2D eigenvalue weighted by atomic mass is 10.0. The number of ether oxygens (including phenoxy) is 2. The Balaban J connectivity index is 1.45. The Kier molecular flexibility index (Phi) is 7.90. The minimum Gasteiger partial charge on any atom is -0.465 e. The first-order chi connectivity index (χ1) is 17.8. The van der Waals surface area contributed by atoms with Crippen molar-refractivity contribution in [2.24, 2.45) is 5.92 Å². The Morgan fingerprint density at radius 2 is 2.05 bits per heavy atom. The molecule has 3 heterocycles. The fourth-order valence-electron chi connectivity index (χ4n) is 5.09. The van der Waals surface area contributed by atoms with E-state index in [0.29, 0.717) is 42.4 Å². The number of hydrogen-bond donors (Lipinski definition) is 0. The second-order valence-electron chi connectivity index (χ2n) is 9.88. The van der Waals surface area contributed by atoms with Crippen molar-refractivity contribution in [3.63, 3.8) is 0 Å². The van der Waals surface area contributed by atoms with E-state index in [4.69, 9.17) is 14.5 Å². The molecule has 0 N–H and O–H groups in total. The monoisotopic (exact) mass is 543 g/mol. The molecule has 2 atom stereocenters. The van der Waals surface area contributed by atoms with Gasteiger partial charge in [0.15, 0.2) is 5.16 Å². The van der Waals surface area contributed by atoms with Crippen LogP contribution in [0.25, 0.3) is 11.0 Å². The fraction of sp³-hybridized carbons (Fsp3) is 0.481. The fourth-order valence-corrected chi connectivity index (χ4v) is 7.68. The zero-order valence-electron chi connectivity index (χ0n) is 21.3. The van der Waals surface area contributed by atoms with Crippen LogP contribution in [-0.2, 0) is 31.8 Å². The molecule has 0 spiro atoms. The number of benzene rings is 2. The zero-order chi connectivity index (χ0) is 26.0. The van der Waals surface area contributed by atoms with E-state index in [1.807, 2.05) is 24.3 Å². The van der Waals surface area contributed by atoms with E-state index >= 15 is 0 Å². The summed E-state index contributed by atoms with van der Waals surface area (Å²) in [5, 5.41) is 0.801. The quantitative estimate of drug-likeness (QED) is 0.300. The lowest BCUT2D eigenvalue weighted by Crippen LogP contribution is -2.39. The van der Waals surface area contributed by atoms with Crippen molar-refractivity contribution in [2.75, 3.05) is 26.8 Å². The number of aromatic nitrogens is 2. The summed E-state index contributed by atoms with van der Waals surface area (Å²) >= 11 is 1.56. The summed E-state index contributed by atoms with van der Waals surface area (Å²) in [6.45, 7) is 4.64. The lowest BCUT2D eigenvalue weighted by Gasteiger charge is -2.30. The van der Waals surface area contributed by atoms with E-state index in [9.17, 15) is 13.2 Å². The number of piperidine rings is 1. The molecule has 2 aliphatic heterocycles. The van der Waals surface area contributed by atoms with E-state index in [-0.39, 0.29) is 17.0 Å². The van der Waals surface area contributed by atoms with Crippen LogP contribution in [-0.4, -0.2) is 61.2 Å². The van der Waals surface area contributed by atoms with Gasteiger partial charge in [-0.05, 0) is 67.5 Å². The molecule has 198 valence electrons. The van der Waals surface area contributed by atoms with Gasteiger partial charge in [-0.3, -0.25) is 0 Å². The third-order valence-corrected chi connectivity index (χ3v) is 9.98. The van der Waals surface area contributed by atoms with Gasteiger partial charge in [0.1, 0.15) is 0 Å². The average Bonchev–Trinajstić information content (AvgIpc) is 3.55. The minimum atomic E-state index is -3.57. The average molecular weight is 544 g/mol. The summed E-state index contributed by atoms with van der Waals surface area (Å²) in [5.41, 5.74) is 3.05. The first-order valence-corrected chi connectivity index (χ1v) is 15.2. The molecule has 2 aromatic carbocycles. The Morgan fingerprint density at radius 3 is 2.81 bits per heavy atom. The van der Waals surface area contributed by atoms with Crippen molar-refractivity contribution >= 4 is 38.8 Å². The Hall–Kier alpha value is -2.40. The molecular formula is C27H33N3O5S2. The molecule has 0 saturated carbocycles. The van der Waals surface area contributed by atoms with Crippen LogP contribution in [0, 0.1) is 5.92 Å². The maximum atomic E-state index is 13.4. The summed E-state index contributed by atoms with van der Waals surface area (Å²) in [5.74, 6) is 0.601. The maximum absolute atomic E-state index is 13.4. The van der Waals surface area contributed by atoms with Crippen molar-refractivity contribution in [3.8, 4) is 0 Å². The molecule has 1 aromatic heterocycles. The Morgan fingerprint density at radius 1 is 1.19 bits per heavy atom. The number of carbonyl (C=O) groups excluding carboxylic acids is 1. The second-order valence-corrected chi connectivity index (χ2v) is 12.8. The molecule has 5 rings (SSSR count). The normalized spacial score (nSPS) is 20.9. The van der Waals surface area contributed by atoms with Crippen LogP contribution < -0.4 is 0 Å². The highest BCUT2D eigenvalue weighted by Crippen LogP contribution is 2.31. The first-order valence-electron chi connectivity index (χ1n) is 12.8. The molecule has 3 aromatic rings. The zero-order valence-corrected chi connectivity index (χ0v) is 22.9. The summed E-state index contributed by atoms with van der Waals surface area (Å²) in [4.78, 5) is 17.1. The number of fused-ring (bicyclic) bond motifs is 1. The predicted molar refractivity (Wildman–Crippen MR) is 143 cm³/mol. The molecule has 0 bridgehead atoms. The van der Waals surface area contributed by atoms with E-state index in [1.165, 1.54) is 7.11 Å². The van der Waals surface area contributed by atoms with E-state index in [2.05, 4.69) is 11.5 Å². The molecule has 37 heavy (non-hydrogen) atoms. The van der Waals surface area contributed by atoms with Gasteiger partial charge in [-0.25, -0.2) is 18.2 Å². The van der Waals surface area contributed by atoms with Gasteiger partial charge in [0.25, 0.3) is 0 Å². The van der Waals surface area contributed by atoms with E-state index < -0.39 is 10.0 Å². The molecular weight excluding hydrogens is 510 g/mol. The molecule has 0 unspecified atom stereocenters. The number of esters is 1. The molecule has 10 heteroatoms. The van der Waals surface area contributed by atoms with Gasteiger partial charge in [0, 0.05) is 25.4 Å². The summed E-state index contributed by atoms with van der Waals surface area (Å²) in [6, 6.07) is 12.7. The lowest BCUT2D eigenvalue weighted by molar-refractivity contribution is 0.0600. The van der Waals surface area contributed by atoms with Crippen molar-refractivity contribution in [3.05, 3.63) is 53.6 Å². The number of carbonyl (C=O) groups is 1. The molecule has 0 radical (unpaired) electrons. The van der Waals surface area contributed by atoms with Crippen LogP contribution in [0.3, 0.4) is 0 Å². The molecule has 2 saturated heterocycles. The summed E-state index contributed by atoms with van der Waals surface area (Å²) in [7, 11) is -2.20. The van der Waals surface area contributed by atoms with E-state index in [0.717, 1.165) is 48.5 Å². The standard InChI is InChI=1S/C27H33N3O5S2/c1-19-6-4-12-29(16-19)37(32,33)23-10-11-25-24(15-23)28-27(30(25)17-22-9-5-13-35-22)36-18-20-7-3-8-21(14-20)26(31)34-2/h3,7-8,10-11,14-15,19,22H,4-6,9,12-13,16-18H2,1-2H3/t19-,22+/m0/s1. The van der Waals surface area contributed by atoms with Crippen LogP contribution in [0.2, 0.25) is 0 Å². The van der Waals surface area contributed by atoms with Gasteiger partial charge in [-0.2, -0.15) is 4.31 Å². The smallest absolute Gasteiger partial charge is 0.337 e. The van der Waals surface area contributed by atoms with Crippen LogP contribution in [0.1, 0.15) is 48.5 Å². The van der Waals surface area contributed by atoms with Crippen molar-refractivity contribution in [1.82, 2.24) is 13.9 Å². The van der Waals surface area contributed by atoms with Crippen molar-refractivity contribution < 1.29 is 22.7 Å². The highest BCUT2D eigenvalue weighted by atomic mass is 32.2. The van der Waals surface area contributed by atoms with Gasteiger partial charge in [-0.1, -0.05) is 30.8 Å². The number of nitrogens with zero attached hydrogens (tertiary/aromatic N) is 3. The number of sulfonamides is 1. The number of thioether (sulfide) groups is 1. The van der Waals surface area contributed by atoms with Crippen LogP contribution in [0.5, 0.6) is 0 Å². The number of hydrogen-bond acceptors (Lipinski definition) is 7. The van der Waals surface area contributed by atoms with Gasteiger partial charge >= 0.3 is 5.97 Å². The van der Waals surface area contributed by atoms with Crippen LogP contribution in [0.15, 0.2) is 52.5 Å². The van der Waals surface area contributed by atoms with E-state index in [1.54, 1.807) is 34.3 Å². The van der Waals surface area contributed by atoms with Crippen LogP contribution in [0.4, 0.5) is 0 Å². The SMILES string of the molecule is COC(=O)c1cccc(CSc2nc3cc(S(=O)(=O)N4CCC[C@H](C)C4)ccc3n2C[C@H]2CCCO2)c1. The predicted octanol–water partition coefficient (Wildman–Crippen LogP) is 4.71. The molecule has 0 amide bonds. The van der Waals surface area contributed by atoms with Gasteiger partial charge < -0.3 is 14.0 Å². The van der Waals surface area contributed by atoms with Crippen molar-refractivity contribution in [1.29, 1.82) is 0 Å². The maximum Gasteiger partial charge on any atom is 0.337 e. The summed E-state index contributed by atoms with van der Waals surface area (Å²) in [6.07, 6.45) is 4.08. The van der Waals surface area contributed by atoms with Gasteiger partial charge in [0.05, 0.1) is 41.3 Å². The highest BCUT2D eigenvalue weighted by Gasteiger charge is 2.29. The summed E-state index contributed by atoms with van der Waals surface area (Å²) < 4.78 is 41.3. The topological polar surface area (TPSA) is 90.7 Å². The van der Waals surface area contributed by atoms with Gasteiger partial charge in [0.2, 0.25) is 10.0 Å². The number of methoxy groups -OCH3 is 1. The van der Waals surface area contributed by atoms with Crippen LogP contribution >= 0.6 is 11.8 Å². The molecule has 2 fully saturated rings.